The highest BCUT2D eigenvalue weighted by Gasteiger charge is 2.37. The van der Waals surface area contributed by atoms with Crippen LogP contribution >= 0.6 is 0 Å². The van der Waals surface area contributed by atoms with Crippen molar-refractivity contribution >= 4 is 6.16 Å². The molecule has 1 N–H and O–H groups in total. The van der Waals surface area contributed by atoms with Crippen LogP contribution in [-0.2, 0) is 23.9 Å². The van der Waals surface area contributed by atoms with E-state index in [2.05, 4.69) is 24.5 Å². The Morgan fingerprint density at radius 1 is 1.46 bits per heavy atom. The van der Waals surface area contributed by atoms with Crippen molar-refractivity contribution in [3.05, 3.63) is 28.0 Å². The molecule has 13 heteroatoms. The van der Waals surface area contributed by atoms with Crippen molar-refractivity contribution in [2.75, 3.05) is 0 Å². The molecule has 0 bridgehead atoms. The largest absolute Gasteiger partial charge is 0.507 e. The second kappa shape index (κ2) is 5.65. The second-order valence-corrected chi connectivity index (χ2v) is 4.97. The molecule has 3 rings (SSSR count). The number of fused-ring (bicyclic) bond motifs is 1. The molecule has 0 saturated heterocycles. The summed E-state index contributed by atoms with van der Waals surface area (Å²) in [7, 11) is 0. The maximum absolute atomic E-state index is 12.4. The first-order valence-corrected chi connectivity index (χ1v) is 6.73. The van der Waals surface area contributed by atoms with Crippen molar-refractivity contribution in [2.45, 2.75) is 38.2 Å². The number of carbonyl (C=O) groups is 1. The zero-order valence-electron chi connectivity index (χ0n) is 11.9. The van der Waals surface area contributed by atoms with E-state index in [9.17, 15) is 22.8 Å². The van der Waals surface area contributed by atoms with Gasteiger partial charge in [0.05, 0.1) is 0 Å². The SMILES string of the molecule is O=C(O)O[C@H]1CCCc2nn(Cc3nc(C(F)(F)F)no3)c(=O)n21. The minimum atomic E-state index is -4.76. The standard InChI is InChI=1S/C11H10F3N5O5/c12-11(13,14)8-15-6(24-17-8)4-18-9(20)19-5(16-18)2-1-3-7(19)23-10(21)22/h7H,1-4H2,(H,21,22)/t7-/m0/s1. The highest BCUT2D eigenvalue weighted by molar-refractivity contribution is 5.56. The first-order chi connectivity index (χ1) is 11.3. The number of nitrogens with zero attached hydrogens (tertiary/aromatic N) is 5. The van der Waals surface area contributed by atoms with Gasteiger partial charge >= 0.3 is 18.0 Å². The Kier molecular flexibility index (Phi) is 3.77. The monoisotopic (exact) mass is 349 g/mol. The fourth-order valence-electron chi connectivity index (χ4n) is 2.38. The van der Waals surface area contributed by atoms with Crippen LogP contribution in [0.1, 0.15) is 36.6 Å². The van der Waals surface area contributed by atoms with Crippen LogP contribution in [0.25, 0.3) is 0 Å². The van der Waals surface area contributed by atoms with Gasteiger partial charge < -0.3 is 14.4 Å². The lowest BCUT2D eigenvalue weighted by Gasteiger charge is -2.21. The number of carboxylic acid groups (broad SMARTS) is 1. The van der Waals surface area contributed by atoms with Crippen LogP contribution in [0.4, 0.5) is 18.0 Å². The minimum Gasteiger partial charge on any atom is -0.450 e. The van der Waals surface area contributed by atoms with Crippen LogP contribution < -0.4 is 5.69 Å². The van der Waals surface area contributed by atoms with Crippen molar-refractivity contribution in [1.29, 1.82) is 0 Å². The molecular formula is C11H10F3N5O5. The van der Waals surface area contributed by atoms with Gasteiger partial charge in [0.1, 0.15) is 12.4 Å². The van der Waals surface area contributed by atoms with Crippen LogP contribution in [0, 0.1) is 0 Å². The third-order valence-corrected chi connectivity index (χ3v) is 3.32. The van der Waals surface area contributed by atoms with Gasteiger partial charge in [-0.25, -0.2) is 18.8 Å². The Hall–Kier alpha value is -2.86. The quantitative estimate of drug-likeness (QED) is 0.814. The van der Waals surface area contributed by atoms with E-state index in [4.69, 9.17) is 5.11 Å². The van der Waals surface area contributed by atoms with Crippen LogP contribution in [-0.4, -0.2) is 35.8 Å². The summed E-state index contributed by atoms with van der Waals surface area (Å²) in [6.45, 7) is -0.471. The van der Waals surface area contributed by atoms with E-state index in [0.717, 1.165) is 9.25 Å². The first kappa shape index (κ1) is 16.0. The summed E-state index contributed by atoms with van der Waals surface area (Å²) in [6.07, 6.45) is -6.09. The van der Waals surface area contributed by atoms with Gasteiger partial charge in [-0.2, -0.15) is 23.3 Å². The van der Waals surface area contributed by atoms with Gasteiger partial charge in [0.25, 0.3) is 5.82 Å². The number of ether oxygens (including phenoxy) is 1. The fourth-order valence-corrected chi connectivity index (χ4v) is 2.38. The highest BCUT2D eigenvalue weighted by Crippen LogP contribution is 2.26. The molecule has 1 atom stereocenters. The Morgan fingerprint density at radius 2 is 2.21 bits per heavy atom. The lowest BCUT2D eigenvalue weighted by molar-refractivity contribution is -0.146. The van der Waals surface area contributed by atoms with E-state index >= 15 is 0 Å². The van der Waals surface area contributed by atoms with Crippen molar-refractivity contribution in [3.63, 3.8) is 0 Å². The molecule has 0 fully saturated rings. The minimum absolute atomic E-state index is 0.271. The fraction of sp³-hybridized carbons (Fsp3) is 0.545. The zero-order chi connectivity index (χ0) is 17.5. The third-order valence-electron chi connectivity index (χ3n) is 3.32. The molecule has 10 nitrogen and oxygen atoms in total. The van der Waals surface area contributed by atoms with Crippen LogP contribution in [0.2, 0.25) is 0 Å². The van der Waals surface area contributed by atoms with Gasteiger partial charge in [0.2, 0.25) is 5.89 Å². The van der Waals surface area contributed by atoms with Crippen LogP contribution in [0.5, 0.6) is 0 Å². The third kappa shape index (κ3) is 2.96. The van der Waals surface area contributed by atoms with Gasteiger partial charge in [-0.15, -0.1) is 0 Å². The van der Waals surface area contributed by atoms with Gasteiger partial charge in [-0.05, 0) is 6.42 Å². The number of alkyl halides is 3. The topological polar surface area (TPSA) is 125 Å². The van der Waals surface area contributed by atoms with Crippen molar-refractivity contribution in [1.82, 2.24) is 24.5 Å². The molecular weight excluding hydrogens is 339 g/mol. The molecule has 130 valence electrons. The molecule has 2 aromatic heterocycles. The molecule has 2 aromatic rings. The predicted octanol–water partition coefficient (Wildman–Crippen LogP) is 1.02. The average molecular weight is 349 g/mol. The van der Waals surface area contributed by atoms with E-state index in [-0.39, 0.29) is 5.82 Å². The molecule has 0 unspecified atom stereocenters. The highest BCUT2D eigenvalue weighted by atomic mass is 19.4. The number of aryl methyl sites for hydroxylation is 1. The average Bonchev–Trinajstić information content (AvgIpc) is 3.05. The number of hydrogen-bond donors (Lipinski definition) is 1. The summed E-state index contributed by atoms with van der Waals surface area (Å²) >= 11 is 0. The van der Waals surface area contributed by atoms with Gasteiger partial charge in [-0.3, -0.25) is 0 Å². The summed E-state index contributed by atoms with van der Waals surface area (Å²) in [6, 6.07) is 0. The van der Waals surface area contributed by atoms with Gasteiger partial charge in [0.15, 0.2) is 6.23 Å². The van der Waals surface area contributed by atoms with E-state index in [0.29, 0.717) is 19.3 Å². The summed E-state index contributed by atoms with van der Waals surface area (Å²) in [5, 5.41) is 15.4. The normalized spacial score (nSPS) is 17.5. The maximum atomic E-state index is 12.4. The predicted molar refractivity (Wildman–Crippen MR) is 66.0 cm³/mol. The van der Waals surface area contributed by atoms with Crippen LogP contribution in [0.15, 0.2) is 9.32 Å². The van der Waals surface area contributed by atoms with Crippen molar-refractivity contribution < 1.29 is 32.3 Å². The molecule has 24 heavy (non-hydrogen) atoms. The Labute approximate surface area is 130 Å². The first-order valence-electron chi connectivity index (χ1n) is 6.73. The van der Waals surface area contributed by atoms with Crippen LogP contribution in [0.3, 0.4) is 0 Å². The lowest BCUT2D eigenvalue weighted by atomic mass is 10.1. The van der Waals surface area contributed by atoms with Crippen molar-refractivity contribution in [2.24, 2.45) is 0 Å². The Morgan fingerprint density at radius 3 is 2.83 bits per heavy atom. The molecule has 0 aliphatic carbocycles. The summed E-state index contributed by atoms with van der Waals surface area (Å²) < 4.78 is 48.3. The smallest absolute Gasteiger partial charge is 0.450 e. The number of hydrogen-bond acceptors (Lipinski definition) is 7. The van der Waals surface area contributed by atoms with Gasteiger partial charge in [0, 0.05) is 12.8 Å². The molecule has 1 aliphatic heterocycles. The summed E-state index contributed by atoms with van der Waals surface area (Å²) in [4.78, 5) is 26.1. The Balaban J connectivity index is 1.88. The summed E-state index contributed by atoms with van der Waals surface area (Å²) in [5.74, 6) is -1.63. The van der Waals surface area contributed by atoms with E-state index < -0.39 is 42.5 Å². The molecule has 3 heterocycles. The number of rotatable bonds is 3. The molecule has 0 aromatic carbocycles. The van der Waals surface area contributed by atoms with Gasteiger partial charge in [-0.1, -0.05) is 5.16 Å². The number of aromatic nitrogens is 5. The summed E-state index contributed by atoms with van der Waals surface area (Å²) in [5.41, 5.74) is -0.734. The van der Waals surface area contributed by atoms with E-state index in [1.54, 1.807) is 0 Å². The van der Waals surface area contributed by atoms with E-state index in [1.807, 2.05) is 0 Å². The second-order valence-electron chi connectivity index (χ2n) is 4.97. The molecule has 0 saturated carbocycles. The molecule has 0 amide bonds. The van der Waals surface area contributed by atoms with E-state index in [1.165, 1.54) is 0 Å². The molecule has 0 radical (unpaired) electrons. The Bertz CT molecular complexity index is 823. The maximum Gasteiger partial charge on any atom is 0.507 e. The lowest BCUT2D eigenvalue weighted by Crippen LogP contribution is -2.33. The van der Waals surface area contributed by atoms with Crippen molar-refractivity contribution in [3.8, 4) is 0 Å². The molecule has 0 spiro atoms. The molecule has 1 aliphatic rings. The number of halogens is 3. The zero-order valence-corrected chi connectivity index (χ0v) is 11.9.